The molecule has 1 heterocycles. The monoisotopic (exact) mass is 238 g/mol. The normalized spacial score (nSPS) is 13.6. The fourth-order valence-corrected chi connectivity index (χ4v) is 1.98. The maximum absolute atomic E-state index is 4.31. The molecule has 1 rings (SSSR count). The van der Waals surface area contributed by atoms with Gasteiger partial charge in [0.15, 0.2) is 0 Å². The SMILES string of the molecule is CC(C)CC(C)NCc1ncnn1CC(C)C. The van der Waals surface area contributed by atoms with Crippen LogP contribution in [-0.2, 0) is 13.1 Å². The Morgan fingerprint density at radius 2 is 1.88 bits per heavy atom. The fourth-order valence-electron chi connectivity index (χ4n) is 1.98. The predicted octanol–water partition coefficient (Wildman–Crippen LogP) is 2.46. The Morgan fingerprint density at radius 1 is 1.18 bits per heavy atom. The molecule has 0 radical (unpaired) electrons. The molecule has 98 valence electrons. The summed E-state index contributed by atoms with van der Waals surface area (Å²) in [6, 6.07) is 0.527. The lowest BCUT2D eigenvalue weighted by molar-refractivity contribution is 0.415. The molecule has 0 aliphatic carbocycles. The fraction of sp³-hybridized carbons (Fsp3) is 0.846. The highest BCUT2D eigenvalue weighted by atomic mass is 15.3. The first-order chi connectivity index (χ1) is 7.99. The van der Waals surface area contributed by atoms with Crippen LogP contribution in [0.2, 0.25) is 0 Å². The van der Waals surface area contributed by atoms with Crippen LogP contribution in [-0.4, -0.2) is 20.8 Å². The summed E-state index contributed by atoms with van der Waals surface area (Å²) in [4.78, 5) is 4.31. The van der Waals surface area contributed by atoms with Gasteiger partial charge in [0.25, 0.3) is 0 Å². The van der Waals surface area contributed by atoms with Crippen LogP contribution in [0.25, 0.3) is 0 Å². The molecular formula is C13H26N4. The summed E-state index contributed by atoms with van der Waals surface area (Å²) in [7, 11) is 0. The highest BCUT2D eigenvalue weighted by molar-refractivity contribution is 4.85. The van der Waals surface area contributed by atoms with Crippen molar-refractivity contribution in [2.24, 2.45) is 11.8 Å². The van der Waals surface area contributed by atoms with Gasteiger partial charge in [0.05, 0.1) is 6.54 Å². The van der Waals surface area contributed by atoms with Gasteiger partial charge in [0.1, 0.15) is 12.2 Å². The summed E-state index contributed by atoms with van der Waals surface area (Å²) in [5.74, 6) is 2.36. The van der Waals surface area contributed by atoms with E-state index in [9.17, 15) is 0 Å². The molecule has 0 aliphatic heterocycles. The Bertz CT molecular complexity index is 317. The van der Waals surface area contributed by atoms with Gasteiger partial charge in [-0.05, 0) is 25.2 Å². The van der Waals surface area contributed by atoms with Crippen molar-refractivity contribution in [3.05, 3.63) is 12.2 Å². The van der Waals surface area contributed by atoms with Crippen molar-refractivity contribution < 1.29 is 0 Å². The van der Waals surface area contributed by atoms with Crippen molar-refractivity contribution in [3.63, 3.8) is 0 Å². The van der Waals surface area contributed by atoms with Gasteiger partial charge in [0, 0.05) is 12.6 Å². The Morgan fingerprint density at radius 3 is 2.47 bits per heavy atom. The molecule has 0 aromatic carbocycles. The van der Waals surface area contributed by atoms with E-state index in [0.717, 1.165) is 24.8 Å². The van der Waals surface area contributed by atoms with Crippen LogP contribution in [0, 0.1) is 11.8 Å². The number of hydrogen-bond donors (Lipinski definition) is 1. The molecule has 1 N–H and O–H groups in total. The van der Waals surface area contributed by atoms with Gasteiger partial charge in [-0.25, -0.2) is 9.67 Å². The zero-order chi connectivity index (χ0) is 12.8. The van der Waals surface area contributed by atoms with E-state index in [4.69, 9.17) is 0 Å². The highest BCUT2D eigenvalue weighted by Gasteiger charge is 2.09. The van der Waals surface area contributed by atoms with Gasteiger partial charge in [-0.1, -0.05) is 27.7 Å². The first kappa shape index (κ1) is 14.2. The summed E-state index contributed by atoms with van der Waals surface area (Å²) in [6.07, 6.45) is 2.84. The van der Waals surface area contributed by atoms with Crippen LogP contribution >= 0.6 is 0 Å². The third kappa shape index (κ3) is 5.31. The minimum Gasteiger partial charge on any atom is -0.307 e. The quantitative estimate of drug-likeness (QED) is 0.793. The molecule has 0 bridgehead atoms. The summed E-state index contributed by atoms with van der Waals surface area (Å²) < 4.78 is 2.00. The first-order valence-corrected chi connectivity index (χ1v) is 6.59. The lowest BCUT2D eigenvalue weighted by Gasteiger charge is -2.16. The molecule has 1 aromatic rings. The Hall–Kier alpha value is -0.900. The molecule has 0 saturated heterocycles. The highest BCUT2D eigenvalue weighted by Crippen LogP contribution is 2.05. The van der Waals surface area contributed by atoms with Crippen molar-refractivity contribution in [1.82, 2.24) is 20.1 Å². The largest absolute Gasteiger partial charge is 0.307 e. The Balaban J connectivity index is 2.43. The average Bonchev–Trinajstić information content (AvgIpc) is 2.60. The third-order valence-corrected chi connectivity index (χ3v) is 2.67. The summed E-state index contributed by atoms with van der Waals surface area (Å²) in [5, 5.41) is 7.77. The standard InChI is InChI=1S/C13H26N4/c1-10(2)6-12(5)14-7-13-15-9-16-17(13)8-11(3)4/h9-12,14H,6-8H2,1-5H3. The van der Waals surface area contributed by atoms with Crippen molar-refractivity contribution in [2.45, 2.75) is 60.2 Å². The molecule has 1 aromatic heterocycles. The van der Waals surface area contributed by atoms with E-state index in [1.165, 1.54) is 6.42 Å². The number of rotatable bonds is 7. The molecule has 0 saturated carbocycles. The molecule has 4 nitrogen and oxygen atoms in total. The van der Waals surface area contributed by atoms with Crippen molar-refractivity contribution in [3.8, 4) is 0 Å². The van der Waals surface area contributed by atoms with Crippen LogP contribution in [0.15, 0.2) is 6.33 Å². The molecule has 1 unspecified atom stereocenters. The Labute approximate surface area is 105 Å². The molecular weight excluding hydrogens is 212 g/mol. The van der Waals surface area contributed by atoms with E-state index in [2.05, 4.69) is 50.0 Å². The number of aromatic nitrogens is 3. The van der Waals surface area contributed by atoms with Gasteiger partial charge in [0.2, 0.25) is 0 Å². The van der Waals surface area contributed by atoms with E-state index >= 15 is 0 Å². The average molecular weight is 238 g/mol. The molecule has 17 heavy (non-hydrogen) atoms. The Kier molecular flexibility index (Phi) is 5.62. The molecule has 1 atom stereocenters. The number of nitrogens with one attached hydrogen (secondary N) is 1. The maximum Gasteiger partial charge on any atom is 0.140 e. The second-order valence-corrected chi connectivity index (χ2v) is 5.66. The first-order valence-electron chi connectivity index (χ1n) is 6.59. The number of hydrogen-bond acceptors (Lipinski definition) is 3. The van der Waals surface area contributed by atoms with Gasteiger partial charge >= 0.3 is 0 Å². The maximum atomic E-state index is 4.31. The van der Waals surface area contributed by atoms with Crippen LogP contribution < -0.4 is 5.32 Å². The van der Waals surface area contributed by atoms with E-state index in [1.54, 1.807) is 6.33 Å². The van der Waals surface area contributed by atoms with E-state index in [1.807, 2.05) is 4.68 Å². The van der Waals surface area contributed by atoms with Gasteiger partial charge in [-0.3, -0.25) is 0 Å². The second kappa shape index (κ2) is 6.74. The van der Waals surface area contributed by atoms with Crippen molar-refractivity contribution in [1.29, 1.82) is 0 Å². The van der Waals surface area contributed by atoms with Gasteiger partial charge in [-0.2, -0.15) is 5.10 Å². The molecule has 0 aliphatic rings. The van der Waals surface area contributed by atoms with Crippen molar-refractivity contribution >= 4 is 0 Å². The van der Waals surface area contributed by atoms with Gasteiger partial charge in [-0.15, -0.1) is 0 Å². The smallest absolute Gasteiger partial charge is 0.140 e. The van der Waals surface area contributed by atoms with E-state index < -0.39 is 0 Å². The predicted molar refractivity (Wildman–Crippen MR) is 70.6 cm³/mol. The van der Waals surface area contributed by atoms with Crippen molar-refractivity contribution in [2.75, 3.05) is 0 Å². The lowest BCUT2D eigenvalue weighted by atomic mass is 10.1. The number of nitrogens with zero attached hydrogens (tertiary/aromatic N) is 3. The zero-order valence-electron chi connectivity index (χ0n) is 11.8. The van der Waals surface area contributed by atoms with E-state index in [-0.39, 0.29) is 0 Å². The van der Waals surface area contributed by atoms with Crippen LogP contribution in [0.5, 0.6) is 0 Å². The summed E-state index contributed by atoms with van der Waals surface area (Å²) >= 11 is 0. The second-order valence-electron chi connectivity index (χ2n) is 5.66. The molecule has 0 amide bonds. The van der Waals surface area contributed by atoms with Crippen LogP contribution in [0.1, 0.15) is 46.9 Å². The topological polar surface area (TPSA) is 42.7 Å². The minimum absolute atomic E-state index is 0.527. The third-order valence-electron chi connectivity index (χ3n) is 2.67. The lowest BCUT2D eigenvalue weighted by Crippen LogP contribution is -2.28. The van der Waals surface area contributed by atoms with Crippen LogP contribution in [0.3, 0.4) is 0 Å². The molecule has 0 fully saturated rings. The van der Waals surface area contributed by atoms with E-state index in [0.29, 0.717) is 12.0 Å². The molecule has 4 heteroatoms. The summed E-state index contributed by atoms with van der Waals surface area (Å²) in [5.41, 5.74) is 0. The zero-order valence-corrected chi connectivity index (χ0v) is 11.8. The molecule has 0 spiro atoms. The van der Waals surface area contributed by atoms with Crippen LogP contribution in [0.4, 0.5) is 0 Å². The minimum atomic E-state index is 0.527. The van der Waals surface area contributed by atoms with Gasteiger partial charge < -0.3 is 5.32 Å². The summed E-state index contributed by atoms with van der Waals surface area (Å²) in [6.45, 7) is 12.9.